The van der Waals surface area contributed by atoms with Crippen molar-refractivity contribution in [2.45, 2.75) is 31.4 Å². The monoisotopic (exact) mass is 560 g/mol. The zero-order valence-electron chi connectivity index (χ0n) is 21.3. The molecule has 1 amide bonds. The number of rotatable bonds is 9. The van der Waals surface area contributed by atoms with Crippen LogP contribution in [-0.4, -0.2) is 54.1 Å². The van der Waals surface area contributed by atoms with Gasteiger partial charge in [0, 0.05) is 18.3 Å². The molecule has 3 rings (SSSR count). The summed E-state index contributed by atoms with van der Waals surface area (Å²) in [6.07, 6.45) is 2.52. The molecule has 0 aliphatic heterocycles. The van der Waals surface area contributed by atoms with Gasteiger partial charge in [0.2, 0.25) is 5.96 Å². The average molecular weight is 561 g/mol. The number of benzene rings is 2. The molecule has 0 aliphatic rings. The number of methoxy groups -OCH3 is 2. The van der Waals surface area contributed by atoms with Gasteiger partial charge in [-0.1, -0.05) is 54.9 Å². The number of amides is 1. The van der Waals surface area contributed by atoms with Crippen LogP contribution in [0.2, 0.25) is 5.02 Å². The number of aromatic nitrogens is 2. The molecule has 0 aliphatic carbocycles. The molecular weight excluding hydrogens is 532 g/mol. The standard InChI is InChI=1S/C25H29ClN6O5S/c1-16(24-29-14-19(26)15-30-24)17(2)38(34,35)32(25(27)28)31(22(33)13-18-9-6-5-7-10-18)23-20(36-3)11-8-12-21(23)37-4/h5-12,14-17H,13H2,1-4H3,(H3,27,28)/t16-,17-/m0/s1. The summed E-state index contributed by atoms with van der Waals surface area (Å²) < 4.78 is 39.5. The molecule has 0 saturated heterocycles. The molecule has 0 saturated carbocycles. The summed E-state index contributed by atoms with van der Waals surface area (Å²) in [7, 11) is -1.79. The number of hydrazine groups is 1. The molecule has 2 aromatic carbocycles. The third kappa shape index (κ3) is 5.97. The number of nitrogens with one attached hydrogen (secondary N) is 1. The Bertz CT molecular complexity index is 1370. The van der Waals surface area contributed by atoms with Gasteiger partial charge in [-0.05, 0) is 24.6 Å². The molecule has 1 aromatic heterocycles. The van der Waals surface area contributed by atoms with Gasteiger partial charge < -0.3 is 15.2 Å². The molecule has 0 unspecified atom stereocenters. The lowest BCUT2D eigenvalue weighted by molar-refractivity contribution is -0.119. The number of halogens is 1. The van der Waals surface area contributed by atoms with Crippen LogP contribution in [0.3, 0.4) is 0 Å². The van der Waals surface area contributed by atoms with Gasteiger partial charge >= 0.3 is 0 Å². The van der Waals surface area contributed by atoms with E-state index in [1.165, 1.54) is 33.5 Å². The Hall–Kier alpha value is -3.90. The predicted molar refractivity (Wildman–Crippen MR) is 145 cm³/mol. The highest BCUT2D eigenvalue weighted by atomic mass is 35.5. The van der Waals surface area contributed by atoms with E-state index in [0.717, 1.165) is 5.01 Å². The first-order valence-electron chi connectivity index (χ1n) is 11.5. The first-order valence-corrected chi connectivity index (χ1v) is 13.3. The van der Waals surface area contributed by atoms with Gasteiger partial charge in [0.05, 0.1) is 30.9 Å². The van der Waals surface area contributed by atoms with Gasteiger partial charge in [-0.25, -0.2) is 18.4 Å². The van der Waals surface area contributed by atoms with E-state index >= 15 is 0 Å². The van der Waals surface area contributed by atoms with Crippen molar-refractivity contribution in [1.29, 1.82) is 5.41 Å². The number of ether oxygens (including phenoxy) is 2. The van der Waals surface area contributed by atoms with Crippen LogP contribution in [0, 0.1) is 5.41 Å². The number of nitrogens with two attached hydrogens (primary N) is 1. The molecule has 0 fully saturated rings. The summed E-state index contributed by atoms with van der Waals surface area (Å²) in [5, 5.41) is 8.17. The van der Waals surface area contributed by atoms with Crippen molar-refractivity contribution < 1.29 is 22.7 Å². The highest BCUT2D eigenvalue weighted by Crippen LogP contribution is 2.40. The Morgan fingerprint density at radius 3 is 2.08 bits per heavy atom. The zero-order valence-corrected chi connectivity index (χ0v) is 22.9. The van der Waals surface area contributed by atoms with Gasteiger partial charge in [-0.3, -0.25) is 10.2 Å². The third-order valence-electron chi connectivity index (χ3n) is 5.90. The van der Waals surface area contributed by atoms with Crippen molar-refractivity contribution in [3.63, 3.8) is 0 Å². The minimum Gasteiger partial charge on any atom is -0.494 e. The molecule has 0 radical (unpaired) electrons. The van der Waals surface area contributed by atoms with Gasteiger partial charge in [0.15, 0.2) is 5.69 Å². The van der Waals surface area contributed by atoms with Gasteiger partial charge in [0.1, 0.15) is 17.3 Å². The van der Waals surface area contributed by atoms with E-state index < -0.39 is 33.1 Å². The van der Waals surface area contributed by atoms with Crippen LogP contribution >= 0.6 is 11.6 Å². The smallest absolute Gasteiger partial charge is 0.259 e. The first-order chi connectivity index (χ1) is 18.0. The van der Waals surface area contributed by atoms with E-state index in [0.29, 0.717) is 15.0 Å². The Morgan fingerprint density at radius 2 is 1.58 bits per heavy atom. The number of anilines is 1. The minimum absolute atomic E-state index is 0.0280. The number of sulfonamides is 1. The van der Waals surface area contributed by atoms with Crippen molar-refractivity contribution in [1.82, 2.24) is 14.4 Å². The fourth-order valence-corrected chi connectivity index (χ4v) is 5.47. The second kappa shape index (κ2) is 12.1. The van der Waals surface area contributed by atoms with Crippen molar-refractivity contribution in [3.05, 3.63) is 77.3 Å². The highest BCUT2D eigenvalue weighted by molar-refractivity contribution is 7.90. The molecule has 0 spiro atoms. The summed E-state index contributed by atoms with van der Waals surface area (Å²) in [5.41, 5.74) is 6.47. The van der Waals surface area contributed by atoms with E-state index in [9.17, 15) is 13.2 Å². The van der Waals surface area contributed by atoms with Crippen molar-refractivity contribution in [2.24, 2.45) is 5.73 Å². The highest BCUT2D eigenvalue weighted by Gasteiger charge is 2.43. The molecule has 3 N–H and O–H groups in total. The van der Waals surface area contributed by atoms with Crippen LogP contribution in [0.5, 0.6) is 11.5 Å². The molecule has 202 valence electrons. The van der Waals surface area contributed by atoms with E-state index in [-0.39, 0.29) is 29.4 Å². The normalized spacial score (nSPS) is 12.8. The van der Waals surface area contributed by atoms with Crippen LogP contribution in [0.15, 0.2) is 60.9 Å². The SMILES string of the molecule is COc1cccc(OC)c1N(C(=O)Cc1ccccc1)N(C(=N)N)S(=O)(=O)[C@@H](C)[C@H](C)c1ncc(Cl)cn1. The predicted octanol–water partition coefficient (Wildman–Crippen LogP) is 3.36. The molecule has 0 bridgehead atoms. The quantitative estimate of drug-likeness (QED) is 0.229. The van der Waals surface area contributed by atoms with E-state index in [2.05, 4.69) is 9.97 Å². The fourth-order valence-electron chi connectivity index (χ4n) is 3.74. The van der Waals surface area contributed by atoms with Crippen molar-refractivity contribution in [3.8, 4) is 11.5 Å². The Balaban J connectivity index is 2.19. The summed E-state index contributed by atoms with van der Waals surface area (Å²) in [6.45, 7) is 3.04. The second-order valence-electron chi connectivity index (χ2n) is 8.31. The maximum absolute atomic E-state index is 14.1. The van der Waals surface area contributed by atoms with Crippen molar-refractivity contribution >= 4 is 39.2 Å². The molecule has 11 nitrogen and oxygen atoms in total. The second-order valence-corrected chi connectivity index (χ2v) is 10.9. The van der Waals surface area contributed by atoms with Gasteiger partial charge in [-0.2, -0.15) is 5.01 Å². The van der Waals surface area contributed by atoms with Crippen LogP contribution in [0.1, 0.15) is 31.2 Å². The number of carbonyl (C=O) groups is 1. The summed E-state index contributed by atoms with van der Waals surface area (Å²) in [4.78, 5) is 22.1. The average Bonchev–Trinajstić information content (AvgIpc) is 2.90. The summed E-state index contributed by atoms with van der Waals surface area (Å²) in [6, 6.07) is 13.5. The number of para-hydroxylation sites is 1. The van der Waals surface area contributed by atoms with Crippen LogP contribution in [-0.2, 0) is 21.2 Å². The Kier molecular flexibility index (Phi) is 9.13. The summed E-state index contributed by atoms with van der Waals surface area (Å²) >= 11 is 5.88. The lowest BCUT2D eigenvalue weighted by Crippen LogP contribution is -2.58. The summed E-state index contributed by atoms with van der Waals surface area (Å²) in [5.74, 6) is -1.88. The number of hydrogen-bond acceptors (Lipinski definition) is 8. The Morgan fingerprint density at radius 1 is 1.03 bits per heavy atom. The van der Waals surface area contributed by atoms with Crippen LogP contribution in [0.25, 0.3) is 0 Å². The molecule has 2 atom stereocenters. The molecule has 1 heterocycles. The van der Waals surface area contributed by atoms with E-state index in [1.807, 2.05) is 0 Å². The Labute approximate surface area is 226 Å². The first kappa shape index (κ1) is 28.7. The van der Waals surface area contributed by atoms with E-state index in [4.69, 9.17) is 32.2 Å². The molecular formula is C25H29ClN6O5S. The zero-order chi connectivity index (χ0) is 28.0. The van der Waals surface area contributed by atoms with Crippen LogP contribution < -0.4 is 20.2 Å². The van der Waals surface area contributed by atoms with Crippen molar-refractivity contribution in [2.75, 3.05) is 19.2 Å². The number of guanidine groups is 1. The number of nitrogens with zero attached hydrogens (tertiary/aromatic N) is 4. The van der Waals surface area contributed by atoms with Crippen LogP contribution in [0.4, 0.5) is 5.69 Å². The third-order valence-corrected chi connectivity index (χ3v) is 8.28. The largest absolute Gasteiger partial charge is 0.494 e. The number of carbonyl (C=O) groups excluding carboxylic acids is 1. The maximum atomic E-state index is 14.1. The van der Waals surface area contributed by atoms with Gasteiger partial charge in [-0.15, -0.1) is 4.41 Å². The topological polar surface area (TPSA) is 152 Å². The minimum atomic E-state index is -4.53. The molecule has 13 heteroatoms. The molecule has 3 aromatic rings. The maximum Gasteiger partial charge on any atom is 0.259 e. The lowest BCUT2D eigenvalue weighted by atomic mass is 10.1. The van der Waals surface area contributed by atoms with E-state index in [1.54, 1.807) is 55.5 Å². The van der Waals surface area contributed by atoms with Gasteiger partial charge in [0.25, 0.3) is 15.9 Å². The lowest BCUT2D eigenvalue weighted by Gasteiger charge is -2.37. The molecule has 38 heavy (non-hydrogen) atoms. The number of hydrogen-bond donors (Lipinski definition) is 2. The fraction of sp³-hybridized carbons (Fsp3) is 0.280.